The van der Waals surface area contributed by atoms with Gasteiger partial charge in [0.25, 0.3) is 5.91 Å². The van der Waals surface area contributed by atoms with Crippen LogP contribution >= 0.6 is 23.2 Å². The SMILES string of the molecule is CCOc1c(Cl)cc(/C=N/NC(=O)c2nn(-c3ccccc3)c3c2CCC3)cc1Cl. The molecule has 0 fully saturated rings. The smallest absolute Gasteiger partial charge is 0.292 e. The maximum atomic E-state index is 12.7. The lowest BCUT2D eigenvalue weighted by Crippen LogP contribution is -2.20. The van der Waals surface area contributed by atoms with E-state index in [1.807, 2.05) is 41.9 Å². The average molecular weight is 443 g/mol. The molecule has 0 radical (unpaired) electrons. The van der Waals surface area contributed by atoms with Crippen LogP contribution in [0.25, 0.3) is 5.69 Å². The molecule has 1 amide bonds. The summed E-state index contributed by atoms with van der Waals surface area (Å²) in [5.74, 6) is 0.0891. The lowest BCUT2D eigenvalue weighted by atomic mass is 10.2. The average Bonchev–Trinajstić information content (AvgIpc) is 3.34. The van der Waals surface area contributed by atoms with E-state index in [4.69, 9.17) is 27.9 Å². The number of ether oxygens (including phenoxy) is 1. The molecule has 1 aromatic heterocycles. The van der Waals surface area contributed by atoms with Gasteiger partial charge >= 0.3 is 0 Å². The Morgan fingerprint density at radius 3 is 2.67 bits per heavy atom. The predicted octanol–water partition coefficient (Wildman–Crippen LogP) is 4.83. The molecule has 6 nitrogen and oxygen atoms in total. The van der Waals surface area contributed by atoms with E-state index in [-0.39, 0.29) is 5.91 Å². The number of hydrogen-bond donors (Lipinski definition) is 1. The normalized spacial score (nSPS) is 12.9. The van der Waals surface area contributed by atoms with Crippen LogP contribution in [0.2, 0.25) is 10.0 Å². The van der Waals surface area contributed by atoms with E-state index in [9.17, 15) is 4.79 Å². The van der Waals surface area contributed by atoms with E-state index in [0.29, 0.717) is 33.7 Å². The number of hydrogen-bond acceptors (Lipinski definition) is 4. The largest absolute Gasteiger partial charge is 0.491 e. The quantitative estimate of drug-likeness (QED) is 0.438. The summed E-state index contributed by atoms with van der Waals surface area (Å²) in [4.78, 5) is 12.7. The van der Waals surface area contributed by atoms with E-state index in [0.717, 1.165) is 36.2 Å². The van der Waals surface area contributed by atoms with Crippen molar-refractivity contribution in [3.05, 3.63) is 75.0 Å². The van der Waals surface area contributed by atoms with Gasteiger partial charge in [0.05, 0.1) is 28.6 Å². The maximum absolute atomic E-state index is 12.7. The van der Waals surface area contributed by atoms with Crippen molar-refractivity contribution < 1.29 is 9.53 Å². The molecule has 1 aliphatic carbocycles. The van der Waals surface area contributed by atoms with Crippen molar-refractivity contribution in [3.8, 4) is 11.4 Å². The minimum atomic E-state index is -0.345. The highest BCUT2D eigenvalue weighted by atomic mass is 35.5. The van der Waals surface area contributed by atoms with Crippen molar-refractivity contribution in [2.75, 3.05) is 6.61 Å². The second kappa shape index (κ2) is 8.90. The van der Waals surface area contributed by atoms with Crippen LogP contribution in [-0.2, 0) is 12.8 Å². The second-order valence-electron chi connectivity index (χ2n) is 6.82. The van der Waals surface area contributed by atoms with Crippen LogP contribution in [0, 0.1) is 0 Å². The molecule has 8 heteroatoms. The fourth-order valence-corrected chi connectivity index (χ4v) is 4.17. The first-order chi connectivity index (χ1) is 14.6. The Labute approximate surface area is 184 Å². The zero-order valence-corrected chi connectivity index (χ0v) is 17.9. The number of carbonyl (C=O) groups is 1. The number of aromatic nitrogens is 2. The van der Waals surface area contributed by atoms with E-state index in [1.165, 1.54) is 6.21 Å². The first kappa shape index (κ1) is 20.4. The van der Waals surface area contributed by atoms with Gasteiger partial charge in [0.15, 0.2) is 11.4 Å². The third-order valence-corrected chi connectivity index (χ3v) is 5.40. The molecule has 4 rings (SSSR count). The first-order valence-electron chi connectivity index (χ1n) is 9.70. The number of benzene rings is 2. The van der Waals surface area contributed by atoms with E-state index < -0.39 is 0 Å². The summed E-state index contributed by atoms with van der Waals surface area (Å²) >= 11 is 12.4. The zero-order chi connectivity index (χ0) is 21.1. The van der Waals surface area contributed by atoms with Gasteiger partial charge in [-0.15, -0.1) is 0 Å². The number of nitrogens with zero attached hydrogens (tertiary/aromatic N) is 3. The van der Waals surface area contributed by atoms with Crippen molar-refractivity contribution >= 4 is 35.3 Å². The molecule has 0 spiro atoms. The number of nitrogens with one attached hydrogen (secondary N) is 1. The summed E-state index contributed by atoms with van der Waals surface area (Å²) in [6.45, 7) is 2.32. The molecular weight excluding hydrogens is 423 g/mol. The molecule has 0 saturated carbocycles. The predicted molar refractivity (Wildman–Crippen MR) is 118 cm³/mol. The Morgan fingerprint density at radius 2 is 1.97 bits per heavy atom. The van der Waals surface area contributed by atoms with E-state index >= 15 is 0 Å². The Bertz CT molecular complexity index is 1090. The number of halogens is 2. The summed E-state index contributed by atoms with van der Waals surface area (Å²) in [5.41, 5.74) is 6.62. The van der Waals surface area contributed by atoms with Crippen molar-refractivity contribution in [2.24, 2.45) is 5.10 Å². The highest BCUT2D eigenvalue weighted by Gasteiger charge is 2.26. The molecule has 154 valence electrons. The molecule has 0 atom stereocenters. The molecule has 1 N–H and O–H groups in total. The molecule has 0 bridgehead atoms. The van der Waals surface area contributed by atoms with Crippen molar-refractivity contribution in [3.63, 3.8) is 0 Å². The molecular formula is C22H20Cl2N4O2. The summed E-state index contributed by atoms with van der Waals surface area (Å²) < 4.78 is 7.27. The van der Waals surface area contributed by atoms with Gasteiger partial charge in [-0.05, 0) is 56.0 Å². The van der Waals surface area contributed by atoms with Crippen LogP contribution in [0.1, 0.15) is 40.7 Å². The molecule has 0 aliphatic heterocycles. The monoisotopic (exact) mass is 442 g/mol. The molecule has 3 aromatic rings. The van der Waals surface area contributed by atoms with Crippen molar-refractivity contribution in [2.45, 2.75) is 26.2 Å². The van der Waals surface area contributed by atoms with Crippen LogP contribution in [0.4, 0.5) is 0 Å². The summed E-state index contributed by atoms with van der Waals surface area (Å²) in [5, 5.41) is 9.38. The summed E-state index contributed by atoms with van der Waals surface area (Å²) in [7, 11) is 0. The Balaban J connectivity index is 1.53. The molecule has 0 saturated heterocycles. The van der Waals surface area contributed by atoms with Crippen molar-refractivity contribution in [1.29, 1.82) is 0 Å². The van der Waals surface area contributed by atoms with Crippen LogP contribution in [0.3, 0.4) is 0 Å². The van der Waals surface area contributed by atoms with Gasteiger partial charge < -0.3 is 4.74 Å². The van der Waals surface area contributed by atoms with Crippen LogP contribution in [0.5, 0.6) is 5.75 Å². The third-order valence-electron chi connectivity index (χ3n) is 4.84. The Morgan fingerprint density at radius 1 is 1.23 bits per heavy atom. The van der Waals surface area contributed by atoms with Gasteiger partial charge in [0.1, 0.15) is 0 Å². The van der Waals surface area contributed by atoms with Gasteiger partial charge in [-0.3, -0.25) is 4.79 Å². The Hall–Kier alpha value is -2.83. The third kappa shape index (κ3) is 4.06. The summed E-state index contributed by atoms with van der Waals surface area (Å²) in [6.07, 6.45) is 4.22. The van der Waals surface area contributed by atoms with Crippen LogP contribution in [-0.4, -0.2) is 28.5 Å². The number of fused-ring (bicyclic) bond motifs is 1. The van der Waals surface area contributed by atoms with Crippen molar-refractivity contribution in [1.82, 2.24) is 15.2 Å². The number of rotatable bonds is 6. The van der Waals surface area contributed by atoms with Gasteiger partial charge in [-0.25, -0.2) is 10.1 Å². The highest BCUT2D eigenvalue weighted by Crippen LogP contribution is 2.33. The molecule has 30 heavy (non-hydrogen) atoms. The van der Waals surface area contributed by atoms with Gasteiger partial charge in [-0.2, -0.15) is 10.2 Å². The lowest BCUT2D eigenvalue weighted by molar-refractivity contribution is 0.0949. The number of carbonyl (C=O) groups excluding carboxylic acids is 1. The van der Waals surface area contributed by atoms with Crippen LogP contribution < -0.4 is 10.2 Å². The Kier molecular flexibility index (Phi) is 6.06. The fraction of sp³-hybridized carbons (Fsp3) is 0.227. The van der Waals surface area contributed by atoms with Gasteiger partial charge in [0.2, 0.25) is 0 Å². The topological polar surface area (TPSA) is 68.5 Å². The first-order valence-corrected chi connectivity index (χ1v) is 10.5. The minimum absolute atomic E-state index is 0.345. The van der Waals surface area contributed by atoms with Crippen LogP contribution in [0.15, 0.2) is 47.6 Å². The molecule has 2 aromatic carbocycles. The van der Waals surface area contributed by atoms with Gasteiger partial charge in [-0.1, -0.05) is 41.4 Å². The maximum Gasteiger partial charge on any atom is 0.292 e. The van der Waals surface area contributed by atoms with E-state index in [2.05, 4.69) is 15.6 Å². The number of amides is 1. The standard InChI is InChI=1S/C22H20Cl2N4O2/c1-2-30-21-17(23)11-14(12-18(21)24)13-25-26-22(29)20-16-9-6-10-19(16)28(27-20)15-7-4-3-5-8-15/h3-5,7-8,11-13H,2,6,9-10H2,1H3,(H,26,29)/b25-13+. The molecule has 1 heterocycles. The lowest BCUT2D eigenvalue weighted by Gasteiger charge is -2.08. The highest BCUT2D eigenvalue weighted by molar-refractivity contribution is 6.37. The number of hydrazone groups is 1. The summed E-state index contributed by atoms with van der Waals surface area (Å²) in [6, 6.07) is 13.2. The second-order valence-corrected chi connectivity index (χ2v) is 7.63. The van der Waals surface area contributed by atoms with Gasteiger partial charge in [0, 0.05) is 11.3 Å². The molecule has 1 aliphatic rings. The molecule has 0 unspecified atom stereocenters. The fourth-order valence-electron chi connectivity index (χ4n) is 3.56. The number of para-hydroxylation sites is 1. The minimum Gasteiger partial charge on any atom is -0.491 e. The zero-order valence-electron chi connectivity index (χ0n) is 16.4. The van der Waals surface area contributed by atoms with E-state index in [1.54, 1.807) is 12.1 Å².